The van der Waals surface area contributed by atoms with Gasteiger partial charge in [0.1, 0.15) is 0 Å². The fraction of sp³-hybridized carbons (Fsp3) is 0.571. The van der Waals surface area contributed by atoms with E-state index in [1.165, 1.54) is 0 Å². The Labute approximate surface area is 115 Å². The molecular weight excluding hydrogens is 260 g/mol. The molecular formula is C14H22N2O2S. The van der Waals surface area contributed by atoms with Gasteiger partial charge in [0.2, 0.25) is 10.0 Å². The molecule has 2 rings (SSSR count). The molecule has 0 unspecified atom stereocenters. The van der Waals surface area contributed by atoms with Crippen LogP contribution in [-0.2, 0) is 16.6 Å². The molecule has 1 fully saturated rings. The molecule has 4 nitrogen and oxygen atoms in total. The zero-order valence-corrected chi connectivity index (χ0v) is 12.4. The summed E-state index contributed by atoms with van der Waals surface area (Å²) >= 11 is 0. The lowest BCUT2D eigenvalue weighted by Crippen LogP contribution is -2.34. The monoisotopic (exact) mass is 282 g/mol. The first-order valence-electron chi connectivity index (χ1n) is 6.85. The van der Waals surface area contributed by atoms with Gasteiger partial charge in [-0.05, 0) is 37.9 Å². The van der Waals surface area contributed by atoms with Crippen LogP contribution < -0.4 is 5.32 Å². The highest BCUT2D eigenvalue weighted by Crippen LogP contribution is 2.33. The molecule has 1 aliphatic rings. The highest BCUT2D eigenvalue weighted by atomic mass is 32.2. The molecule has 1 aromatic rings. The van der Waals surface area contributed by atoms with Gasteiger partial charge in [-0.2, -0.15) is 4.31 Å². The zero-order chi connectivity index (χ0) is 13.9. The van der Waals surface area contributed by atoms with Crippen LogP contribution in [0.25, 0.3) is 0 Å². The molecule has 0 atom stereocenters. The normalized spacial score (nSPS) is 15.9. The summed E-state index contributed by atoms with van der Waals surface area (Å²) in [6.45, 7) is 3.20. The fourth-order valence-corrected chi connectivity index (χ4v) is 4.30. The van der Waals surface area contributed by atoms with E-state index in [0.717, 1.165) is 24.8 Å². The van der Waals surface area contributed by atoms with E-state index in [0.29, 0.717) is 18.0 Å². The molecule has 0 aromatic heterocycles. The van der Waals surface area contributed by atoms with Crippen molar-refractivity contribution in [1.82, 2.24) is 9.62 Å². The molecule has 1 saturated carbocycles. The van der Waals surface area contributed by atoms with Gasteiger partial charge in [0.05, 0.1) is 4.90 Å². The summed E-state index contributed by atoms with van der Waals surface area (Å²) in [6.07, 6.45) is 2.84. The maximum atomic E-state index is 12.8. The van der Waals surface area contributed by atoms with E-state index < -0.39 is 10.0 Å². The van der Waals surface area contributed by atoms with Crippen LogP contribution in [0.4, 0.5) is 0 Å². The van der Waals surface area contributed by atoms with Crippen molar-refractivity contribution in [2.45, 2.75) is 43.7 Å². The lowest BCUT2D eigenvalue weighted by molar-refractivity contribution is 0.402. The predicted octanol–water partition coefficient (Wildman–Crippen LogP) is 1.97. The number of nitrogens with one attached hydrogen (secondary N) is 1. The van der Waals surface area contributed by atoms with Gasteiger partial charge in [0.15, 0.2) is 0 Å². The SMILES string of the molecule is CCCN(C1CC1)S(=O)(=O)c1ccccc1CNC. The summed E-state index contributed by atoms with van der Waals surface area (Å²) in [7, 11) is -1.53. The Kier molecular flexibility index (Phi) is 4.60. The van der Waals surface area contributed by atoms with Crippen LogP contribution in [0, 0.1) is 0 Å². The van der Waals surface area contributed by atoms with Crippen LogP contribution in [0.5, 0.6) is 0 Å². The van der Waals surface area contributed by atoms with Gasteiger partial charge < -0.3 is 5.32 Å². The van der Waals surface area contributed by atoms with Crippen molar-refractivity contribution >= 4 is 10.0 Å². The van der Waals surface area contributed by atoms with E-state index in [1.807, 2.05) is 26.1 Å². The quantitative estimate of drug-likeness (QED) is 0.832. The molecule has 0 heterocycles. The molecule has 0 aliphatic heterocycles. The Morgan fingerprint density at radius 2 is 2.00 bits per heavy atom. The van der Waals surface area contributed by atoms with E-state index in [1.54, 1.807) is 16.4 Å². The number of nitrogens with zero attached hydrogens (tertiary/aromatic N) is 1. The highest BCUT2D eigenvalue weighted by Gasteiger charge is 2.38. The molecule has 0 bridgehead atoms. The van der Waals surface area contributed by atoms with Gasteiger partial charge in [-0.3, -0.25) is 0 Å². The van der Waals surface area contributed by atoms with E-state index in [2.05, 4.69) is 5.32 Å². The first-order valence-corrected chi connectivity index (χ1v) is 8.29. The van der Waals surface area contributed by atoms with Crippen molar-refractivity contribution in [2.24, 2.45) is 0 Å². The predicted molar refractivity (Wildman–Crippen MR) is 76.4 cm³/mol. The topological polar surface area (TPSA) is 49.4 Å². The third-order valence-corrected chi connectivity index (χ3v) is 5.38. The van der Waals surface area contributed by atoms with Gasteiger partial charge in [0.25, 0.3) is 0 Å². The van der Waals surface area contributed by atoms with Crippen molar-refractivity contribution in [3.05, 3.63) is 29.8 Å². The maximum Gasteiger partial charge on any atom is 0.243 e. The molecule has 0 amide bonds. The fourth-order valence-electron chi connectivity index (χ4n) is 2.30. The zero-order valence-electron chi connectivity index (χ0n) is 11.6. The second-order valence-corrected chi connectivity index (χ2v) is 6.84. The Morgan fingerprint density at radius 1 is 1.32 bits per heavy atom. The maximum absolute atomic E-state index is 12.8. The minimum absolute atomic E-state index is 0.215. The Hall–Kier alpha value is -0.910. The molecule has 1 N–H and O–H groups in total. The van der Waals surface area contributed by atoms with Gasteiger partial charge in [-0.15, -0.1) is 0 Å². The third-order valence-electron chi connectivity index (χ3n) is 3.32. The lowest BCUT2D eigenvalue weighted by atomic mass is 10.2. The van der Waals surface area contributed by atoms with E-state index in [4.69, 9.17) is 0 Å². The number of sulfonamides is 1. The standard InChI is InChI=1S/C14H22N2O2S/c1-3-10-16(13-8-9-13)19(17,18)14-7-5-4-6-12(14)11-15-2/h4-7,13,15H,3,8-11H2,1-2H3. The molecule has 5 heteroatoms. The van der Waals surface area contributed by atoms with Crippen molar-refractivity contribution in [3.8, 4) is 0 Å². The third kappa shape index (κ3) is 3.16. The molecule has 0 spiro atoms. The van der Waals surface area contributed by atoms with Crippen LogP contribution in [0.1, 0.15) is 31.7 Å². The van der Waals surface area contributed by atoms with Crippen molar-refractivity contribution in [1.29, 1.82) is 0 Å². The summed E-state index contributed by atoms with van der Waals surface area (Å²) in [4.78, 5) is 0.449. The Balaban J connectivity index is 2.37. The number of hydrogen-bond acceptors (Lipinski definition) is 3. The molecule has 19 heavy (non-hydrogen) atoms. The minimum atomic E-state index is -3.36. The highest BCUT2D eigenvalue weighted by molar-refractivity contribution is 7.89. The minimum Gasteiger partial charge on any atom is -0.316 e. The van der Waals surface area contributed by atoms with Crippen molar-refractivity contribution in [2.75, 3.05) is 13.6 Å². The van der Waals surface area contributed by atoms with E-state index >= 15 is 0 Å². The van der Waals surface area contributed by atoms with Gasteiger partial charge in [-0.25, -0.2) is 8.42 Å². The molecule has 106 valence electrons. The summed E-state index contributed by atoms with van der Waals surface area (Å²) in [5.41, 5.74) is 0.840. The summed E-state index contributed by atoms with van der Waals surface area (Å²) in [6, 6.07) is 7.48. The second kappa shape index (κ2) is 6.03. The van der Waals surface area contributed by atoms with Crippen LogP contribution in [0.3, 0.4) is 0 Å². The molecule has 1 aromatic carbocycles. The largest absolute Gasteiger partial charge is 0.316 e. The van der Waals surface area contributed by atoms with E-state index in [9.17, 15) is 8.42 Å². The molecule has 0 radical (unpaired) electrons. The lowest BCUT2D eigenvalue weighted by Gasteiger charge is -2.22. The average molecular weight is 282 g/mol. The van der Waals surface area contributed by atoms with Gasteiger partial charge >= 0.3 is 0 Å². The number of rotatable bonds is 7. The Bertz CT molecular complexity index is 524. The molecule has 0 saturated heterocycles. The van der Waals surface area contributed by atoms with Crippen molar-refractivity contribution < 1.29 is 8.42 Å². The second-order valence-electron chi connectivity index (χ2n) is 4.98. The van der Waals surface area contributed by atoms with Gasteiger partial charge in [0, 0.05) is 19.1 Å². The Morgan fingerprint density at radius 3 is 2.58 bits per heavy atom. The number of benzene rings is 1. The summed E-state index contributed by atoms with van der Waals surface area (Å²) in [5, 5.41) is 3.03. The first-order chi connectivity index (χ1) is 9.11. The summed E-state index contributed by atoms with van der Waals surface area (Å²) in [5.74, 6) is 0. The number of hydrogen-bond donors (Lipinski definition) is 1. The van der Waals surface area contributed by atoms with Crippen LogP contribution in [-0.4, -0.2) is 32.4 Å². The van der Waals surface area contributed by atoms with Crippen molar-refractivity contribution in [3.63, 3.8) is 0 Å². The van der Waals surface area contributed by atoms with Crippen LogP contribution in [0.15, 0.2) is 29.2 Å². The summed E-state index contributed by atoms with van der Waals surface area (Å²) < 4.78 is 27.3. The first kappa shape index (κ1) is 14.5. The van der Waals surface area contributed by atoms with E-state index in [-0.39, 0.29) is 6.04 Å². The van der Waals surface area contributed by atoms with Gasteiger partial charge in [-0.1, -0.05) is 25.1 Å². The van der Waals surface area contributed by atoms with Crippen LogP contribution in [0.2, 0.25) is 0 Å². The van der Waals surface area contributed by atoms with Crippen LogP contribution >= 0.6 is 0 Å². The smallest absolute Gasteiger partial charge is 0.243 e. The average Bonchev–Trinajstić information content (AvgIpc) is 3.21. The molecule has 1 aliphatic carbocycles.